The summed E-state index contributed by atoms with van der Waals surface area (Å²) >= 11 is 0. The molecule has 1 heterocycles. The molecule has 1 aromatic heterocycles. The zero-order valence-electron chi connectivity index (χ0n) is 11.2. The van der Waals surface area contributed by atoms with Crippen molar-refractivity contribution in [3.05, 3.63) is 59.9 Å². The molecule has 0 radical (unpaired) electrons. The zero-order chi connectivity index (χ0) is 14.2. The highest BCUT2D eigenvalue weighted by molar-refractivity contribution is 5.99. The summed E-state index contributed by atoms with van der Waals surface area (Å²) < 4.78 is 0. The number of nitrogens with two attached hydrogens (primary N) is 1. The Morgan fingerprint density at radius 3 is 2.65 bits per heavy atom. The average molecular weight is 270 g/mol. The lowest BCUT2D eigenvalue weighted by atomic mass is 10.1. The number of nitrogens with zero attached hydrogens (tertiary/aromatic N) is 1. The van der Waals surface area contributed by atoms with E-state index in [1.807, 2.05) is 30.3 Å². The first-order valence-corrected chi connectivity index (χ1v) is 6.51. The third kappa shape index (κ3) is 3.80. The van der Waals surface area contributed by atoms with Gasteiger partial charge in [-0.05, 0) is 29.8 Å². The predicted octanol–water partition coefficient (Wildman–Crippen LogP) is 1.38. The summed E-state index contributed by atoms with van der Waals surface area (Å²) in [6.45, 7) is 1.54. The normalized spacial score (nSPS) is 10.1. The Balaban J connectivity index is 2.06. The summed E-state index contributed by atoms with van der Waals surface area (Å²) in [4.78, 5) is 16.0. The number of nitrogens with one attached hydrogen (secondary N) is 2. The number of para-hydroxylation sites is 1. The average Bonchev–Trinajstić information content (AvgIpc) is 2.52. The Labute approximate surface area is 118 Å². The fraction of sp³-hybridized carbons (Fsp3) is 0.200. The molecule has 0 unspecified atom stereocenters. The molecule has 5 heteroatoms. The number of hydrogen-bond donors (Lipinski definition) is 3. The standard InChI is InChI=1S/C15H18N4O/c16-7-10-18-15(20)13-3-1-2-4-14(13)19-11-12-5-8-17-9-6-12/h1-6,8-9,19H,7,10-11,16H2,(H,18,20). The minimum Gasteiger partial charge on any atom is -0.380 e. The van der Waals surface area contributed by atoms with E-state index in [9.17, 15) is 4.79 Å². The van der Waals surface area contributed by atoms with Crippen molar-refractivity contribution in [1.82, 2.24) is 10.3 Å². The van der Waals surface area contributed by atoms with E-state index in [-0.39, 0.29) is 5.91 Å². The molecule has 2 rings (SSSR count). The van der Waals surface area contributed by atoms with Gasteiger partial charge in [0.1, 0.15) is 0 Å². The van der Waals surface area contributed by atoms with Gasteiger partial charge in [-0.3, -0.25) is 9.78 Å². The number of aromatic nitrogens is 1. The maximum atomic E-state index is 12.0. The van der Waals surface area contributed by atoms with Crippen LogP contribution >= 0.6 is 0 Å². The number of carbonyl (C=O) groups excluding carboxylic acids is 1. The van der Waals surface area contributed by atoms with E-state index in [1.54, 1.807) is 18.5 Å². The second-order valence-electron chi connectivity index (χ2n) is 4.30. The van der Waals surface area contributed by atoms with Crippen LogP contribution in [0, 0.1) is 0 Å². The molecule has 0 atom stereocenters. The van der Waals surface area contributed by atoms with Crippen LogP contribution in [0.4, 0.5) is 5.69 Å². The Morgan fingerprint density at radius 1 is 1.15 bits per heavy atom. The van der Waals surface area contributed by atoms with E-state index in [0.717, 1.165) is 11.3 Å². The number of pyridine rings is 1. The third-order valence-corrected chi connectivity index (χ3v) is 2.83. The van der Waals surface area contributed by atoms with Crippen LogP contribution in [0.5, 0.6) is 0 Å². The van der Waals surface area contributed by atoms with Crippen molar-refractivity contribution in [1.29, 1.82) is 0 Å². The maximum Gasteiger partial charge on any atom is 0.253 e. The first-order valence-electron chi connectivity index (χ1n) is 6.51. The lowest BCUT2D eigenvalue weighted by Crippen LogP contribution is -2.29. The van der Waals surface area contributed by atoms with Crippen molar-refractivity contribution >= 4 is 11.6 Å². The second-order valence-corrected chi connectivity index (χ2v) is 4.30. The topological polar surface area (TPSA) is 80.0 Å². The minimum absolute atomic E-state index is 0.117. The van der Waals surface area contributed by atoms with Crippen LogP contribution in [-0.4, -0.2) is 24.0 Å². The van der Waals surface area contributed by atoms with Gasteiger partial charge in [0, 0.05) is 37.7 Å². The fourth-order valence-corrected chi connectivity index (χ4v) is 1.81. The SMILES string of the molecule is NCCNC(=O)c1ccccc1NCc1ccncc1. The summed E-state index contributed by atoms with van der Waals surface area (Å²) in [6, 6.07) is 11.3. The largest absolute Gasteiger partial charge is 0.380 e. The molecule has 4 N–H and O–H groups in total. The Morgan fingerprint density at radius 2 is 1.90 bits per heavy atom. The molecule has 20 heavy (non-hydrogen) atoms. The van der Waals surface area contributed by atoms with E-state index < -0.39 is 0 Å². The Kier molecular flexibility index (Phi) is 5.08. The van der Waals surface area contributed by atoms with Crippen LogP contribution in [0.2, 0.25) is 0 Å². The van der Waals surface area contributed by atoms with Gasteiger partial charge >= 0.3 is 0 Å². The molecule has 0 aliphatic carbocycles. The van der Waals surface area contributed by atoms with E-state index in [4.69, 9.17) is 5.73 Å². The molecule has 0 bridgehead atoms. The second kappa shape index (κ2) is 7.25. The molecule has 1 amide bonds. The summed E-state index contributed by atoms with van der Waals surface area (Å²) in [7, 11) is 0. The molecule has 0 aliphatic heterocycles. The maximum absolute atomic E-state index is 12.0. The van der Waals surface area contributed by atoms with E-state index in [0.29, 0.717) is 25.2 Å². The van der Waals surface area contributed by atoms with Crippen LogP contribution in [0.1, 0.15) is 15.9 Å². The van der Waals surface area contributed by atoms with Gasteiger partial charge in [0.15, 0.2) is 0 Å². The quantitative estimate of drug-likeness (QED) is 0.741. The fourth-order valence-electron chi connectivity index (χ4n) is 1.81. The van der Waals surface area contributed by atoms with Gasteiger partial charge < -0.3 is 16.4 Å². The first kappa shape index (κ1) is 14.0. The van der Waals surface area contributed by atoms with Crippen LogP contribution < -0.4 is 16.4 Å². The van der Waals surface area contributed by atoms with Gasteiger partial charge in [0.25, 0.3) is 5.91 Å². The van der Waals surface area contributed by atoms with Crippen LogP contribution in [-0.2, 0) is 6.54 Å². The molecule has 1 aromatic carbocycles. The van der Waals surface area contributed by atoms with E-state index in [1.165, 1.54) is 0 Å². The van der Waals surface area contributed by atoms with Gasteiger partial charge in [0.05, 0.1) is 5.56 Å². The van der Waals surface area contributed by atoms with E-state index >= 15 is 0 Å². The molecule has 104 valence electrons. The first-order chi connectivity index (χ1) is 9.81. The van der Waals surface area contributed by atoms with Crippen molar-refractivity contribution in [3.63, 3.8) is 0 Å². The molecule has 0 saturated carbocycles. The number of benzene rings is 1. The molecule has 5 nitrogen and oxygen atoms in total. The zero-order valence-corrected chi connectivity index (χ0v) is 11.2. The predicted molar refractivity (Wildman–Crippen MR) is 79.4 cm³/mol. The third-order valence-electron chi connectivity index (χ3n) is 2.83. The summed E-state index contributed by atoms with van der Waals surface area (Å²) in [5.74, 6) is -0.117. The smallest absolute Gasteiger partial charge is 0.253 e. The Bertz CT molecular complexity index is 557. The number of amides is 1. The minimum atomic E-state index is -0.117. The molecule has 0 saturated heterocycles. The van der Waals surface area contributed by atoms with Gasteiger partial charge in [-0.15, -0.1) is 0 Å². The van der Waals surface area contributed by atoms with Gasteiger partial charge in [-0.25, -0.2) is 0 Å². The highest BCUT2D eigenvalue weighted by Gasteiger charge is 2.09. The number of rotatable bonds is 6. The molecular formula is C15H18N4O. The van der Waals surface area contributed by atoms with Crippen molar-refractivity contribution in [2.75, 3.05) is 18.4 Å². The molecule has 0 spiro atoms. The van der Waals surface area contributed by atoms with E-state index in [2.05, 4.69) is 15.6 Å². The van der Waals surface area contributed by atoms with Crippen LogP contribution in [0.25, 0.3) is 0 Å². The lowest BCUT2D eigenvalue weighted by Gasteiger charge is -2.12. The number of anilines is 1. The van der Waals surface area contributed by atoms with Crippen molar-refractivity contribution < 1.29 is 4.79 Å². The molecule has 0 aliphatic rings. The molecule has 2 aromatic rings. The number of carbonyl (C=O) groups is 1. The summed E-state index contributed by atoms with van der Waals surface area (Å²) in [5, 5.41) is 6.04. The van der Waals surface area contributed by atoms with Gasteiger partial charge in [-0.2, -0.15) is 0 Å². The summed E-state index contributed by atoms with van der Waals surface area (Å²) in [6.07, 6.45) is 3.49. The lowest BCUT2D eigenvalue weighted by molar-refractivity contribution is 0.0955. The summed E-state index contributed by atoms with van der Waals surface area (Å²) in [5.41, 5.74) is 7.92. The van der Waals surface area contributed by atoms with Gasteiger partial charge in [0.2, 0.25) is 0 Å². The number of hydrogen-bond acceptors (Lipinski definition) is 4. The highest BCUT2D eigenvalue weighted by Crippen LogP contribution is 2.15. The van der Waals surface area contributed by atoms with Crippen LogP contribution in [0.15, 0.2) is 48.8 Å². The Hall–Kier alpha value is -2.40. The molecule has 0 fully saturated rings. The van der Waals surface area contributed by atoms with Gasteiger partial charge in [-0.1, -0.05) is 12.1 Å². The van der Waals surface area contributed by atoms with Crippen molar-refractivity contribution in [3.8, 4) is 0 Å². The molecular weight excluding hydrogens is 252 g/mol. The highest BCUT2D eigenvalue weighted by atomic mass is 16.1. The van der Waals surface area contributed by atoms with Crippen LogP contribution in [0.3, 0.4) is 0 Å². The van der Waals surface area contributed by atoms with Crippen molar-refractivity contribution in [2.24, 2.45) is 5.73 Å². The van der Waals surface area contributed by atoms with Crippen molar-refractivity contribution in [2.45, 2.75) is 6.54 Å². The monoisotopic (exact) mass is 270 g/mol.